The molecule has 0 aromatic carbocycles. The number of aromatic amines is 1. The number of aromatic nitrogens is 4. The molecule has 0 saturated carbocycles. The molecule has 0 radical (unpaired) electrons. The Morgan fingerprint density at radius 3 is 2.89 bits per heavy atom. The molecule has 27 heavy (non-hydrogen) atoms. The Labute approximate surface area is 156 Å². The van der Waals surface area contributed by atoms with Crippen LogP contribution in [-0.4, -0.2) is 44.6 Å². The number of carbonyl (C=O) groups excluding carboxylic acids is 1. The highest BCUT2D eigenvalue weighted by molar-refractivity contribution is 5.91. The summed E-state index contributed by atoms with van der Waals surface area (Å²) in [5.74, 6) is 1.64. The molecule has 0 aliphatic carbocycles. The third-order valence-electron chi connectivity index (χ3n) is 4.67. The molecule has 0 fully saturated rings. The van der Waals surface area contributed by atoms with Gasteiger partial charge >= 0.3 is 0 Å². The fourth-order valence-electron chi connectivity index (χ4n) is 3.06. The Balaban J connectivity index is 1.52. The molecule has 0 saturated heterocycles. The Bertz CT molecular complexity index is 958. The highest BCUT2D eigenvalue weighted by Gasteiger charge is 2.27. The molecule has 3 aromatic rings. The largest absolute Gasteiger partial charge is 0.481 e. The maximum absolute atomic E-state index is 12.7. The van der Waals surface area contributed by atoms with Crippen LogP contribution in [0.5, 0.6) is 5.88 Å². The third kappa shape index (κ3) is 3.30. The Hall–Kier alpha value is -3.16. The number of methoxy groups -OCH3 is 1. The fourth-order valence-corrected chi connectivity index (χ4v) is 3.06. The monoisotopic (exact) mass is 367 g/mol. The van der Waals surface area contributed by atoms with Gasteiger partial charge in [0.05, 0.1) is 30.7 Å². The van der Waals surface area contributed by atoms with E-state index in [4.69, 9.17) is 9.26 Å². The van der Waals surface area contributed by atoms with E-state index >= 15 is 0 Å². The second-order valence-corrected chi connectivity index (χ2v) is 6.85. The Kier molecular flexibility index (Phi) is 4.39. The molecular formula is C19H21N5O3. The van der Waals surface area contributed by atoms with E-state index in [1.54, 1.807) is 30.3 Å². The second-order valence-electron chi connectivity index (χ2n) is 6.85. The van der Waals surface area contributed by atoms with Gasteiger partial charge in [-0.2, -0.15) is 0 Å². The van der Waals surface area contributed by atoms with Crippen LogP contribution >= 0.6 is 0 Å². The summed E-state index contributed by atoms with van der Waals surface area (Å²) in [6.07, 6.45) is 2.40. The van der Waals surface area contributed by atoms with E-state index in [2.05, 4.69) is 20.1 Å². The van der Waals surface area contributed by atoms with Gasteiger partial charge in [-0.1, -0.05) is 19.0 Å². The van der Waals surface area contributed by atoms with E-state index in [-0.39, 0.29) is 17.6 Å². The zero-order valence-corrected chi connectivity index (χ0v) is 15.5. The number of nitrogens with zero attached hydrogens (tertiary/aromatic N) is 4. The average Bonchev–Trinajstić information content (AvgIpc) is 3.34. The normalized spacial score (nSPS) is 13.7. The zero-order chi connectivity index (χ0) is 19.0. The predicted molar refractivity (Wildman–Crippen MR) is 97.4 cm³/mol. The molecule has 4 rings (SSSR count). The van der Waals surface area contributed by atoms with Crippen LogP contribution in [0.25, 0.3) is 11.4 Å². The van der Waals surface area contributed by atoms with Crippen molar-refractivity contribution >= 4 is 5.91 Å². The Morgan fingerprint density at radius 2 is 2.22 bits per heavy atom. The molecule has 1 aliphatic rings. The van der Waals surface area contributed by atoms with E-state index in [1.807, 2.05) is 19.9 Å². The molecule has 140 valence electrons. The molecule has 4 heterocycles. The van der Waals surface area contributed by atoms with Gasteiger partial charge < -0.3 is 19.1 Å². The lowest BCUT2D eigenvalue weighted by atomic mass is 10.1. The van der Waals surface area contributed by atoms with Crippen molar-refractivity contribution in [3.05, 3.63) is 47.2 Å². The number of carbonyl (C=O) groups is 1. The van der Waals surface area contributed by atoms with Crippen molar-refractivity contribution in [1.82, 2.24) is 25.0 Å². The fraction of sp³-hybridized carbons (Fsp3) is 0.368. The molecule has 1 N–H and O–H groups in total. The van der Waals surface area contributed by atoms with Gasteiger partial charge in [0.2, 0.25) is 11.6 Å². The van der Waals surface area contributed by atoms with Crippen molar-refractivity contribution in [1.29, 1.82) is 0 Å². The van der Waals surface area contributed by atoms with Gasteiger partial charge in [0.25, 0.3) is 5.91 Å². The lowest BCUT2D eigenvalue weighted by Crippen LogP contribution is -2.35. The molecule has 1 aliphatic heterocycles. The number of pyridine rings is 1. The van der Waals surface area contributed by atoms with Crippen molar-refractivity contribution in [2.24, 2.45) is 0 Å². The van der Waals surface area contributed by atoms with E-state index in [0.717, 1.165) is 28.5 Å². The Morgan fingerprint density at radius 1 is 1.37 bits per heavy atom. The zero-order valence-electron chi connectivity index (χ0n) is 15.5. The number of rotatable bonds is 4. The molecule has 0 bridgehead atoms. The first-order valence-corrected chi connectivity index (χ1v) is 8.89. The van der Waals surface area contributed by atoms with Crippen molar-refractivity contribution in [2.45, 2.75) is 32.7 Å². The minimum atomic E-state index is -0.151. The molecule has 3 aromatic heterocycles. The smallest absolute Gasteiger partial charge is 0.292 e. The van der Waals surface area contributed by atoms with Crippen LogP contribution in [0.4, 0.5) is 0 Å². The predicted octanol–water partition coefficient (Wildman–Crippen LogP) is 2.79. The summed E-state index contributed by atoms with van der Waals surface area (Å²) >= 11 is 0. The number of imidazole rings is 1. The molecule has 0 spiro atoms. The second kappa shape index (κ2) is 6.86. The summed E-state index contributed by atoms with van der Waals surface area (Å²) in [7, 11) is 1.58. The van der Waals surface area contributed by atoms with Crippen LogP contribution in [-0.2, 0) is 13.0 Å². The van der Waals surface area contributed by atoms with Gasteiger partial charge in [-0.15, -0.1) is 0 Å². The van der Waals surface area contributed by atoms with Crippen LogP contribution in [0.3, 0.4) is 0 Å². The third-order valence-corrected chi connectivity index (χ3v) is 4.67. The van der Waals surface area contributed by atoms with Crippen LogP contribution in [0, 0.1) is 0 Å². The van der Waals surface area contributed by atoms with E-state index in [9.17, 15) is 4.79 Å². The quantitative estimate of drug-likeness (QED) is 0.761. The summed E-state index contributed by atoms with van der Waals surface area (Å²) in [4.78, 5) is 26.7. The first-order chi connectivity index (χ1) is 13.0. The standard InChI is InChI=1S/C19H21N5O3/c1-11(2)14-8-16(27-23-14)19(25)24-7-6-13-15(10-24)22-18(21-13)12-4-5-17(26-3)20-9-12/h4-5,8-9,11H,6-7,10H2,1-3H3,(H,21,22). The maximum Gasteiger partial charge on any atom is 0.292 e. The van der Waals surface area contributed by atoms with Crippen LogP contribution in [0.15, 0.2) is 28.9 Å². The van der Waals surface area contributed by atoms with Crippen molar-refractivity contribution in [3.8, 4) is 17.3 Å². The van der Waals surface area contributed by atoms with Crippen molar-refractivity contribution < 1.29 is 14.1 Å². The van der Waals surface area contributed by atoms with Gasteiger partial charge in [-0.05, 0) is 12.0 Å². The molecule has 8 nitrogen and oxygen atoms in total. The van der Waals surface area contributed by atoms with Crippen molar-refractivity contribution in [3.63, 3.8) is 0 Å². The van der Waals surface area contributed by atoms with Gasteiger partial charge in [-0.25, -0.2) is 9.97 Å². The minimum absolute atomic E-state index is 0.151. The number of hydrogen-bond acceptors (Lipinski definition) is 6. The molecule has 0 atom stereocenters. The highest BCUT2D eigenvalue weighted by atomic mass is 16.5. The number of amides is 1. The topological polar surface area (TPSA) is 97.1 Å². The lowest BCUT2D eigenvalue weighted by Gasteiger charge is -2.24. The number of fused-ring (bicyclic) bond motifs is 1. The van der Waals surface area contributed by atoms with Crippen LogP contribution < -0.4 is 4.74 Å². The number of ether oxygens (including phenoxy) is 1. The molecule has 1 amide bonds. The maximum atomic E-state index is 12.7. The first-order valence-electron chi connectivity index (χ1n) is 8.89. The SMILES string of the molecule is COc1ccc(-c2nc3c([nH]2)CN(C(=O)c2cc(C(C)C)no2)CC3)cn1. The van der Waals surface area contributed by atoms with Crippen LogP contribution in [0.2, 0.25) is 0 Å². The summed E-state index contributed by atoms with van der Waals surface area (Å²) < 4.78 is 10.3. The minimum Gasteiger partial charge on any atom is -0.481 e. The number of nitrogens with one attached hydrogen (secondary N) is 1. The van der Waals surface area contributed by atoms with Crippen LogP contribution in [0.1, 0.15) is 47.4 Å². The van der Waals surface area contributed by atoms with Crippen molar-refractivity contribution in [2.75, 3.05) is 13.7 Å². The summed E-state index contributed by atoms with van der Waals surface area (Å²) in [5.41, 5.74) is 3.57. The van der Waals surface area contributed by atoms with Gasteiger partial charge in [0.1, 0.15) is 5.82 Å². The van der Waals surface area contributed by atoms with E-state index in [1.165, 1.54) is 0 Å². The summed E-state index contributed by atoms with van der Waals surface area (Å²) in [6, 6.07) is 5.42. The first kappa shape index (κ1) is 17.3. The number of hydrogen-bond donors (Lipinski definition) is 1. The summed E-state index contributed by atoms with van der Waals surface area (Å²) in [6.45, 7) is 5.08. The summed E-state index contributed by atoms with van der Waals surface area (Å²) in [5, 5.41) is 3.97. The highest BCUT2D eigenvalue weighted by Crippen LogP contribution is 2.24. The molecular weight excluding hydrogens is 346 g/mol. The van der Waals surface area contributed by atoms with Gasteiger partial charge in [0.15, 0.2) is 0 Å². The number of H-pyrrole nitrogens is 1. The average molecular weight is 367 g/mol. The van der Waals surface area contributed by atoms with Gasteiger partial charge in [-0.3, -0.25) is 4.79 Å². The lowest BCUT2D eigenvalue weighted by molar-refractivity contribution is 0.0689. The van der Waals surface area contributed by atoms with E-state index < -0.39 is 0 Å². The molecule has 8 heteroatoms. The van der Waals surface area contributed by atoms with Gasteiger partial charge in [0, 0.05) is 36.9 Å². The molecule has 0 unspecified atom stereocenters. The van der Waals surface area contributed by atoms with E-state index in [0.29, 0.717) is 25.4 Å².